The molecule has 32 heavy (non-hydrogen) atoms. The van der Waals surface area contributed by atoms with E-state index in [1.807, 2.05) is 0 Å². The Morgan fingerprint density at radius 3 is 2.31 bits per heavy atom. The monoisotopic (exact) mass is 471 g/mol. The number of anilines is 1. The van der Waals surface area contributed by atoms with E-state index >= 15 is 0 Å². The lowest BCUT2D eigenvalue weighted by molar-refractivity contribution is -0.141. The normalized spacial score (nSPS) is 15.3. The number of rotatable bonds is 5. The van der Waals surface area contributed by atoms with E-state index < -0.39 is 34.6 Å². The van der Waals surface area contributed by atoms with Crippen molar-refractivity contribution in [2.45, 2.75) is 6.18 Å². The van der Waals surface area contributed by atoms with Crippen molar-refractivity contribution in [1.29, 1.82) is 0 Å². The van der Waals surface area contributed by atoms with Crippen molar-refractivity contribution < 1.29 is 36.3 Å². The standard InChI is InChI=1S/C19H19F3N4O5S/c1-31-15-11-12(4-5-14(15)24-32(29)30)17(27)25-7-9-26(10-8-25)18(28)13-3-2-6-23-16(13)19(20,21)22/h2-6,11,24H,7-10H2,1H3,(H,29,30)/p-1. The number of carbonyl (C=O) groups excluding carboxylic acids is 2. The number of piperazine rings is 1. The van der Waals surface area contributed by atoms with Crippen molar-refractivity contribution in [1.82, 2.24) is 14.8 Å². The molecule has 0 radical (unpaired) electrons. The number of amides is 2. The van der Waals surface area contributed by atoms with Crippen molar-refractivity contribution in [3.05, 3.63) is 53.3 Å². The number of hydrogen-bond donors (Lipinski definition) is 1. The Balaban J connectivity index is 1.69. The van der Waals surface area contributed by atoms with Gasteiger partial charge in [-0.05, 0) is 30.3 Å². The minimum absolute atomic E-state index is 0.0443. The van der Waals surface area contributed by atoms with E-state index in [0.29, 0.717) is 0 Å². The first kappa shape index (κ1) is 23.5. The molecule has 1 atom stereocenters. The number of carbonyl (C=O) groups is 2. The molecule has 1 aliphatic rings. The summed E-state index contributed by atoms with van der Waals surface area (Å²) in [6.45, 7) is 0.309. The first-order valence-electron chi connectivity index (χ1n) is 9.26. The summed E-state index contributed by atoms with van der Waals surface area (Å²) in [4.78, 5) is 31.4. The smallest absolute Gasteiger partial charge is 0.434 e. The maximum absolute atomic E-state index is 13.2. The summed E-state index contributed by atoms with van der Waals surface area (Å²) in [5, 5.41) is 0. The molecule has 3 rings (SSSR count). The van der Waals surface area contributed by atoms with Gasteiger partial charge in [0.15, 0.2) is 5.69 Å². The summed E-state index contributed by atoms with van der Waals surface area (Å²) in [5.41, 5.74) is -1.40. The second kappa shape index (κ2) is 9.53. The first-order valence-corrected chi connectivity index (χ1v) is 10.3. The van der Waals surface area contributed by atoms with Crippen LogP contribution in [0.3, 0.4) is 0 Å². The number of ether oxygens (including phenoxy) is 1. The van der Waals surface area contributed by atoms with Gasteiger partial charge in [0.2, 0.25) is 0 Å². The van der Waals surface area contributed by atoms with Gasteiger partial charge >= 0.3 is 6.18 Å². The number of nitrogens with one attached hydrogen (secondary N) is 1. The van der Waals surface area contributed by atoms with Gasteiger partial charge in [-0.25, -0.2) is 0 Å². The molecule has 0 saturated carbocycles. The molecule has 13 heteroatoms. The Morgan fingerprint density at radius 2 is 1.75 bits per heavy atom. The third-order valence-corrected chi connectivity index (χ3v) is 5.19. The molecule has 1 fully saturated rings. The number of alkyl halides is 3. The van der Waals surface area contributed by atoms with E-state index in [2.05, 4.69) is 9.71 Å². The van der Waals surface area contributed by atoms with Gasteiger partial charge < -0.3 is 23.8 Å². The molecule has 9 nitrogen and oxygen atoms in total. The van der Waals surface area contributed by atoms with E-state index in [-0.39, 0.29) is 49.1 Å². The molecule has 2 amide bonds. The van der Waals surface area contributed by atoms with Crippen molar-refractivity contribution in [2.75, 3.05) is 38.0 Å². The highest BCUT2D eigenvalue weighted by atomic mass is 32.2. The van der Waals surface area contributed by atoms with E-state index in [1.54, 1.807) is 0 Å². The van der Waals surface area contributed by atoms with Crippen molar-refractivity contribution in [2.24, 2.45) is 0 Å². The van der Waals surface area contributed by atoms with Crippen LogP contribution in [-0.2, 0) is 17.4 Å². The highest BCUT2D eigenvalue weighted by molar-refractivity contribution is 7.80. The van der Waals surface area contributed by atoms with Crippen LogP contribution in [0.4, 0.5) is 18.9 Å². The third-order valence-electron chi connectivity index (χ3n) is 4.80. The molecule has 1 saturated heterocycles. The Bertz CT molecular complexity index is 1040. The first-order chi connectivity index (χ1) is 15.1. The van der Waals surface area contributed by atoms with Gasteiger partial charge in [0.05, 0.1) is 18.4 Å². The Morgan fingerprint density at radius 1 is 1.12 bits per heavy atom. The quantitative estimate of drug-likeness (QED) is 0.667. The minimum Gasteiger partial charge on any atom is -0.755 e. The number of hydrogen-bond acceptors (Lipinski definition) is 6. The molecule has 0 aliphatic carbocycles. The van der Waals surface area contributed by atoms with Crippen molar-refractivity contribution >= 4 is 28.8 Å². The van der Waals surface area contributed by atoms with E-state index in [1.165, 1.54) is 41.2 Å². The van der Waals surface area contributed by atoms with Crippen LogP contribution >= 0.6 is 0 Å². The van der Waals surface area contributed by atoms with Crippen LogP contribution in [-0.4, -0.2) is 68.6 Å². The topological polar surface area (TPSA) is 115 Å². The van der Waals surface area contributed by atoms with E-state index in [4.69, 9.17) is 4.74 Å². The van der Waals surface area contributed by atoms with E-state index in [9.17, 15) is 31.5 Å². The predicted molar refractivity (Wildman–Crippen MR) is 107 cm³/mol. The fourth-order valence-corrected chi connectivity index (χ4v) is 3.62. The van der Waals surface area contributed by atoms with Crippen LogP contribution < -0.4 is 9.46 Å². The summed E-state index contributed by atoms with van der Waals surface area (Å²) >= 11 is -2.57. The summed E-state index contributed by atoms with van der Waals surface area (Å²) in [6, 6.07) is 6.51. The second-order valence-electron chi connectivity index (χ2n) is 6.73. The molecular formula is C19H18F3N4O5S-. The summed E-state index contributed by atoms with van der Waals surface area (Å²) in [5.74, 6) is -1.05. The predicted octanol–water partition coefficient (Wildman–Crippen LogP) is 1.91. The van der Waals surface area contributed by atoms with Crippen molar-refractivity contribution in [3.63, 3.8) is 0 Å². The fourth-order valence-electron chi connectivity index (χ4n) is 3.27. The van der Waals surface area contributed by atoms with Crippen LogP contribution in [0.5, 0.6) is 5.75 Å². The lowest BCUT2D eigenvalue weighted by atomic mass is 10.1. The number of nitrogens with zero attached hydrogens (tertiary/aromatic N) is 3. The molecular weight excluding hydrogens is 453 g/mol. The largest absolute Gasteiger partial charge is 0.755 e. The van der Waals surface area contributed by atoms with Crippen LogP contribution in [0.25, 0.3) is 0 Å². The average molecular weight is 471 g/mol. The van der Waals surface area contributed by atoms with Gasteiger partial charge in [0, 0.05) is 49.2 Å². The second-order valence-corrected chi connectivity index (χ2v) is 7.41. The molecule has 0 bridgehead atoms. The summed E-state index contributed by atoms with van der Waals surface area (Å²) in [6.07, 6.45) is -3.79. The van der Waals surface area contributed by atoms with E-state index in [0.717, 1.165) is 12.3 Å². The highest BCUT2D eigenvalue weighted by Gasteiger charge is 2.38. The zero-order valence-electron chi connectivity index (χ0n) is 16.7. The highest BCUT2D eigenvalue weighted by Crippen LogP contribution is 2.31. The Hall–Kier alpha value is -3.19. The third kappa shape index (κ3) is 5.16. The van der Waals surface area contributed by atoms with Crippen molar-refractivity contribution in [3.8, 4) is 5.75 Å². The maximum atomic E-state index is 13.2. The molecule has 1 aliphatic heterocycles. The van der Waals surface area contributed by atoms with Gasteiger partial charge in [0.25, 0.3) is 11.8 Å². The van der Waals surface area contributed by atoms with Gasteiger partial charge in [-0.15, -0.1) is 0 Å². The lowest BCUT2D eigenvalue weighted by Gasteiger charge is -2.35. The van der Waals surface area contributed by atoms with Gasteiger partial charge in [0.1, 0.15) is 5.75 Å². The molecule has 2 heterocycles. The van der Waals surface area contributed by atoms with Crippen LogP contribution in [0.15, 0.2) is 36.5 Å². The van der Waals surface area contributed by atoms with Gasteiger partial charge in [-0.1, -0.05) is 0 Å². The molecule has 1 N–H and O–H groups in total. The van der Waals surface area contributed by atoms with Crippen LogP contribution in [0, 0.1) is 0 Å². The average Bonchev–Trinajstić information content (AvgIpc) is 2.77. The SMILES string of the molecule is COc1cc(C(=O)N2CCN(C(=O)c3cccnc3C(F)(F)F)CC2)ccc1NS(=O)[O-]. The number of methoxy groups -OCH3 is 1. The molecule has 0 spiro atoms. The molecule has 2 aromatic rings. The van der Waals surface area contributed by atoms with Gasteiger partial charge in [-0.3, -0.25) is 18.8 Å². The minimum atomic E-state index is -4.76. The Labute approximate surface area is 183 Å². The Kier molecular flexibility index (Phi) is 6.99. The van der Waals surface area contributed by atoms with Crippen LogP contribution in [0.1, 0.15) is 26.4 Å². The maximum Gasteiger partial charge on any atom is 0.434 e. The zero-order chi connectivity index (χ0) is 23.5. The summed E-state index contributed by atoms with van der Waals surface area (Å²) in [7, 11) is 1.32. The molecule has 172 valence electrons. The molecule has 1 aromatic heterocycles. The number of aromatic nitrogens is 1. The number of halogens is 3. The van der Waals surface area contributed by atoms with Gasteiger partial charge in [-0.2, -0.15) is 13.2 Å². The number of pyridine rings is 1. The molecule has 1 aromatic carbocycles. The lowest BCUT2D eigenvalue weighted by Crippen LogP contribution is -2.50. The molecule has 1 unspecified atom stereocenters. The summed E-state index contributed by atoms with van der Waals surface area (Å²) < 4.78 is 68.4. The zero-order valence-corrected chi connectivity index (χ0v) is 17.5. The van der Waals surface area contributed by atoms with Crippen LogP contribution in [0.2, 0.25) is 0 Å². The number of benzene rings is 1. The fraction of sp³-hybridized carbons (Fsp3) is 0.316.